The number of nitrogens with zero attached hydrogens (tertiary/aromatic N) is 3. The SMILES string of the molecule is CN(CCC(=O)O)S(=O)(=O)Nc1cnccn1. The van der Waals surface area contributed by atoms with Crippen molar-refractivity contribution in [2.45, 2.75) is 6.42 Å². The number of hydrogen-bond acceptors (Lipinski definition) is 5. The molecule has 0 saturated carbocycles. The van der Waals surface area contributed by atoms with Gasteiger partial charge in [-0.2, -0.15) is 12.7 Å². The van der Waals surface area contributed by atoms with Gasteiger partial charge in [0.2, 0.25) is 0 Å². The lowest BCUT2D eigenvalue weighted by atomic mass is 10.4. The second-order valence-electron chi connectivity index (χ2n) is 3.16. The van der Waals surface area contributed by atoms with Crippen molar-refractivity contribution in [1.29, 1.82) is 0 Å². The topological polar surface area (TPSA) is 112 Å². The van der Waals surface area contributed by atoms with E-state index in [-0.39, 0.29) is 18.8 Å². The molecule has 0 atom stereocenters. The summed E-state index contributed by atoms with van der Waals surface area (Å²) in [6.07, 6.45) is 3.74. The zero-order valence-electron chi connectivity index (χ0n) is 9.07. The number of nitrogens with one attached hydrogen (secondary N) is 1. The molecular weight excluding hydrogens is 248 g/mol. The van der Waals surface area contributed by atoms with Gasteiger partial charge < -0.3 is 5.11 Å². The van der Waals surface area contributed by atoms with Crippen LogP contribution in [0.15, 0.2) is 18.6 Å². The molecule has 1 rings (SSSR count). The third kappa shape index (κ3) is 4.33. The number of carboxylic acids is 1. The smallest absolute Gasteiger partial charge is 0.304 e. The zero-order valence-corrected chi connectivity index (χ0v) is 9.88. The van der Waals surface area contributed by atoms with Crippen molar-refractivity contribution in [3.63, 3.8) is 0 Å². The van der Waals surface area contributed by atoms with Crippen LogP contribution in [0, 0.1) is 0 Å². The van der Waals surface area contributed by atoms with Crippen molar-refractivity contribution < 1.29 is 18.3 Å². The quantitative estimate of drug-likeness (QED) is 0.715. The van der Waals surface area contributed by atoms with Gasteiger partial charge in [-0.25, -0.2) is 4.98 Å². The molecule has 0 unspecified atom stereocenters. The molecule has 0 aliphatic heterocycles. The fraction of sp³-hybridized carbons (Fsp3) is 0.375. The van der Waals surface area contributed by atoms with Gasteiger partial charge in [0.1, 0.15) is 0 Å². The third-order valence-electron chi connectivity index (χ3n) is 1.85. The first-order valence-electron chi connectivity index (χ1n) is 4.63. The normalized spacial score (nSPS) is 11.4. The van der Waals surface area contributed by atoms with Crippen LogP contribution >= 0.6 is 0 Å². The molecule has 94 valence electrons. The highest BCUT2D eigenvalue weighted by Gasteiger charge is 2.18. The summed E-state index contributed by atoms with van der Waals surface area (Å²) in [4.78, 5) is 17.8. The molecule has 1 aromatic heterocycles. The third-order valence-corrected chi connectivity index (χ3v) is 3.32. The number of aromatic nitrogens is 2. The van der Waals surface area contributed by atoms with E-state index in [2.05, 4.69) is 14.7 Å². The number of aliphatic carboxylic acids is 1. The zero-order chi connectivity index (χ0) is 12.9. The highest BCUT2D eigenvalue weighted by Crippen LogP contribution is 2.05. The second kappa shape index (κ2) is 5.55. The lowest BCUT2D eigenvalue weighted by Crippen LogP contribution is -2.34. The maximum Gasteiger partial charge on any atom is 0.304 e. The molecule has 1 aromatic rings. The van der Waals surface area contributed by atoms with Crippen LogP contribution in [0.25, 0.3) is 0 Å². The van der Waals surface area contributed by atoms with Gasteiger partial charge >= 0.3 is 16.2 Å². The van der Waals surface area contributed by atoms with Gasteiger partial charge in [0.05, 0.1) is 12.6 Å². The van der Waals surface area contributed by atoms with Crippen LogP contribution in [0.3, 0.4) is 0 Å². The van der Waals surface area contributed by atoms with Crippen LogP contribution in [0.2, 0.25) is 0 Å². The Labute approximate surface area is 98.5 Å². The summed E-state index contributed by atoms with van der Waals surface area (Å²) in [7, 11) is -2.51. The predicted octanol–water partition coefficient (Wildman–Crippen LogP) is -0.460. The van der Waals surface area contributed by atoms with E-state index in [1.807, 2.05) is 0 Å². The summed E-state index contributed by atoms with van der Waals surface area (Å²) in [6.45, 7) is -0.120. The molecule has 0 spiro atoms. The lowest BCUT2D eigenvalue weighted by molar-refractivity contribution is -0.137. The van der Waals surface area contributed by atoms with Crippen LogP contribution in [-0.4, -0.2) is 47.4 Å². The Bertz CT molecular complexity index is 476. The van der Waals surface area contributed by atoms with E-state index >= 15 is 0 Å². The van der Waals surface area contributed by atoms with Gasteiger partial charge in [-0.05, 0) is 0 Å². The van der Waals surface area contributed by atoms with Gasteiger partial charge in [0, 0.05) is 26.0 Å². The Balaban J connectivity index is 2.65. The molecule has 0 amide bonds. The monoisotopic (exact) mass is 260 g/mol. The van der Waals surface area contributed by atoms with Crippen LogP contribution < -0.4 is 4.72 Å². The molecular formula is C8H12N4O4S. The molecule has 1 heterocycles. The second-order valence-corrected chi connectivity index (χ2v) is 4.94. The maximum atomic E-state index is 11.7. The van der Waals surface area contributed by atoms with E-state index in [1.165, 1.54) is 25.6 Å². The van der Waals surface area contributed by atoms with Gasteiger partial charge in [-0.15, -0.1) is 0 Å². The molecule has 0 saturated heterocycles. The minimum Gasteiger partial charge on any atom is -0.481 e. The highest BCUT2D eigenvalue weighted by molar-refractivity contribution is 7.90. The standard InChI is InChI=1S/C8H12N4O4S/c1-12(5-2-8(13)14)17(15,16)11-7-6-9-3-4-10-7/h3-4,6H,2,5H2,1H3,(H,10,11)(H,13,14). The molecule has 0 aromatic carbocycles. The first-order valence-corrected chi connectivity index (χ1v) is 6.08. The van der Waals surface area contributed by atoms with E-state index in [9.17, 15) is 13.2 Å². The minimum absolute atomic E-state index is 0.0784. The minimum atomic E-state index is -3.79. The van der Waals surface area contributed by atoms with E-state index in [0.29, 0.717) is 0 Å². The van der Waals surface area contributed by atoms with E-state index in [4.69, 9.17) is 5.11 Å². The largest absolute Gasteiger partial charge is 0.481 e. The van der Waals surface area contributed by atoms with Crippen LogP contribution in [0.5, 0.6) is 0 Å². The Morgan fingerprint density at radius 1 is 1.53 bits per heavy atom. The number of carbonyl (C=O) groups is 1. The summed E-state index contributed by atoms with van der Waals surface area (Å²) in [5.41, 5.74) is 0. The van der Waals surface area contributed by atoms with Crippen molar-refractivity contribution in [2.24, 2.45) is 0 Å². The average molecular weight is 260 g/mol. The predicted molar refractivity (Wildman–Crippen MR) is 59.5 cm³/mol. The van der Waals surface area contributed by atoms with Crippen molar-refractivity contribution in [1.82, 2.24) is 14.3 Å². The molecule has 17 heavy (non-hydrogen) atoms. The maximum absolute atomic E-state index is 11.7. The number of rotatable bonds is 6. The van der Waals surface area contributed by atoms with E-state index in [1.54, 1.807) is 0 Å². The summed E-state index contributed by atoms with van der Waals surface area (Å²) in [6, 6.07) is 0. The summed E-state index contributed by atoms with van der Waals surface area (Å²) in [5, 5.41) is 8.45. The van der Waals surface area contributed by atoms with Crippen LogP contribution in [0.1, 0.15) is 6.42 Å². The van der Waals surface area contributed by atoms with Gasteiger partial charge in [-0.1, -0.05) is 0 Å². The van der Waals surface area contributed by atoms with E-state index < -0.39 is 16.2 Å². The summed E-state index contributed by atoms with van der Waals surface area (Å²) < 4.78 is 26.4. The van der Waals surface area contributed by atoms with Gasteiger partial charge in [0.25, 0.3) is 0 Å². The van der Waals surface area contributed by atoms with Gasteiger partial charge in [0.15, 0.2) is 5.82 Å². The van der Waals surface area contributed by atoms with Crippen LogP contribution in [0.4, 0.5) is 5.82 Å². The van der Waals surface area contributed by atoms with Crippen LogP contribution in [-0.2, 0) is 15.0 Å². The molecule has 0 radical (unpaired) electrons. The Morgan fingerprint density at radius 2 is 2.24 bits per heavy atom. The van der Waals surface area contributed by atoms with Crippen molar-refractivity contribution in [2.75, 3.05) is 18.3 Å². The molecule has 2 N–H and O–H groups in total. The summed E-state index contributed by atoms with van der Waals surface area (Å²) in [5.74, 6) is -0.985. The van der Waals surface area contributed by atoms with Gasteiger partial charge in [-0.3, -0.25) is 14.5 Å². The summed E-state index contributed by atoms with van der Waals surface area (Å²) >= 11 is 0. The highest BCUT2D eigenvalue weighted by atomic mass is 32.2. The molecule has 8 nitrogen and oxygen atoms in total. The number of anilines is 1. The molecule has 0 fully saturated rings. The first-order chi connectivity index (χ1) is 7.92. The lowest BCUT2D eigenvalue weighted by Gasteiger charge is -2.16. The molecule has 9 heteroatoms. The molecule has 0 bridgehead atoms. The number of hydrogen-bond donors (Lipinski definition) is 2. The Hall–Kier alpha value is -1.74. The van der Waals surface area contributed by atoms with Crippen molar-refractivity contribution in [3.8, 4) is 0 Å². The average Bonchev–Trinajstić information content (AvgIpc) is 2.26. The first kappa shape index (κ1) is 13.3. The van der Waals surface area contributed by atoms with E-state index in [0.717, 1.165) is 4.31 Å². The van der Waals surface area contributed by atoms with Crippen molar-refractivity contribution in [3.05, 3.63) is 18.6 Å². The fourth-order valence-corrected chi connectivity index (χ4v) is 1.79. The Kier molecular flexibility index (Phi) is 4.35. The molecule has 0 aliphatic carbocycles. The fourth-order valence-electron chi connectivity index (χ4n) is 0.935. The number of carboxylic acid groups (broad SMARTS) is 1. The van der Waals surface area contributed by atoms with Crippen molar-refractivity contribution >= 4 is 22.0 Å². The Morgan fingerprint density at radius 3 is 2.76 bits per heavy atom. The molecule has 0 aliphatic rings.